The number of rotatable bonds is 0. The molecule has 0 spiro atoms. The van der Waals surface area contributed by atoms with Crippen molar-refractivity contribution in [3.8, 4) is 0 Å². The molecule has 0 radical (unpaired) electrons. The van der Waals surface area contributed by atoms with Crippen LogP contribution >= 0.6 is 0 Å². The van der Waals surface area contributed by atoms with Gasteiger partial charge in [0.25, 0.3) is 0 Å². The van der Waals surface area contributed by atoms with E-state index in [9.17, 15) is 0 Å². The third-order valence-corrected chi connectivity index (χ3v) is 0. The minimum Gasteiger partial charge on any atom is -1.00 e. The largest absolute Gasteiger partial charge is 2.00 e. The zero-order valence-electron chi connectivity index (χ0n) is 6.80. The van der Waals surface area contributed by atoms with Crippen LogP contribution in [0.25, 0.3) is 0 Å². The fourth-order valence-electron chi connectivity index (χ4n) is 0. The van der Waals surface area contributed by atoms with Crippen molar-refractivity contribution in [3.05, 3.63) is 0 Å². The Morgan fingerprint density at radius 1 is 0.833 bits per heavy atom. The van der Waals surface area contributed by atoms with Crippen LogP contribution in [0.1, 0.15) is 13.8 Å². The van der Waals surface area contributed by atoms with E-state index in [1.54, 1.807) is 0 Å². The minimum atomic E-state index is -1.08. The molecule has 0 unspecified atom stereocenters. The minimum absolute atomic E-state index is 0. The quantitative estimate of drug-likeness (QED) is 0.409. The third kappa shape index (κ3) is 353. The van der Waals surface area contributed by atoms with Gasteiger partial charge in [-0.2, -0.15) is 0 Å². The van der Waals surface area contributed by atoms with Crippen molar-refractivity contribution < 1.29 is 44.6 Å². The Morgan fingerprint density at radius 3 is 0.833 bits per heavy atom. The maximum Gasteiger partial charge on any atom is 2.00 e. The van der Waals surface area contributed by atoms with Crippen molar-refractivity contribution >= 4 is 87.4 Å². The summed E-state index contributed by atoms with van der Waals surface area (Å²) < 4.78 is 0. The van der Waals surface area contributed by atoms with Gasteiger partial charge in [-0.25, -0.2) is 0 Å². The number of carbonyl (C=O) groups excluding carboxylic acids is 2. The van der Waals surface area contributed by atoms with Crippen molar-refractivity contribution in [1.29, 1.82) is 0 Å². The summed E-state index contributed by atoms with van der Waals surface area (Å²) in [6, 6.07) is 0. The molecule has 0 heterocycles. The summed E-state index contributed by atoms with van der Waals surface area (Å²) in [5.74, 6) is -2.17. The molecule has 0 atom stereocenters. The fourth-order valence-corrected chi connectivity index (χ4v) is 0. The summed E-state index contributed by atoms with van der Waals surface area (Å²) in [4.78, 5) is 17.8. The zero-order chi connectivity index (χ0) is 7.15. The normalized spacial score (nSPS) is 4.17. The number of hydrogen-bond donors (Lipinski definition) is 0. The SMILES string of the molecule is CC(=O)[O-].CC(=O)[O-].[Ca+2].[Ca+2].[Cl-].[Cl-]. The van der Waals surface area contributed by atoms with Crippen LogP contribution in [0.5, 0.6) is 0 Å². The van der Waals surface area contributed by atoms with E-state index in [0.29, 0.717) is 0 Å². The fraction of sp³-hybridized carbons (Fsp3) is 0.500. The average molecular weight is 269 g/mol. The molecular weight excluding hydrogens is 263 g/mol. The zero-order valence-corrected chi connectivity index (χ0v) is 12.7. The van der Waals surface area contributed by atoms with Gasteiger partial charge in [0.1, 0.15) is 0 Å². The summed E-state index contributed by atoms with van der Waals surface area (Å²) in [5.41, 5.74) is 0. The van der Waals surface area contributed by atoms with Crippen molar-refractivity contribution in [2.24, 2.45) is 0 Å². The molecule has 0 rings (SSSR count). The molecule has 0 fully saturated rings. The van der Waals surface area contributed by atoms with Crippen LogP contribution < -0.4 is 35.0 Å². The summed E-state index contributed by atoms with van der Waals surface area (Å²) in [6.45, 7) is 1.94. The molecule has 0 saturated carbocycles. The first-order chi connectivity index (χ1) is 3.46. The van der Waals surface area contributed by atoms with Crippen LogP contribution in [0.4, 0.5) is 0 Å². The van der Waals surface area contributed by atoms with Crippen LogP contribution in [0.15, 0.2) is 0 Å². The van der Waals surface area contributed by atoms with E-state index in [4.69, 9.17) is 19.8 Å². The molecule has 0 saturated heterocycles. The Morgan fingerprint density at radius 2 is 0.833 bits per heavy atom. The van der Waals surface area contributed by atoms with Gasteiger partial charge in [-0.15, -0.1) is 0 Å². The van der Waals surface area contributed by atoms with Gasteiger partial charge in [0.15, 0.2) is 0 Å². The van der Waals surface area contributed by atoms with Crippen molar-refractivity contribution in [1.82, 2.24) is 0 Å². The Kier molecular flexibility index (Phi) is 90.0. The van der Waals surface area contributed by atoms with E-state index in [2.05, 4.69) is 0 Å². The second kappa shape index (κ2) is 29.2. The van der Waals surface area contributed by atoms with E-state index >= 15 is 0 Å². The Balaban J connectivity index is -0.0000000112. The van der Waals surface area contributed by atoms with Gasteiger partial charge in [0.2, 0.25) is 0 Å². The maximum absolute atomic E-state index is 8.89. The van der Waals surface area contributed by atoms with Gasteiger partial charge in [0, 0.05) is 11.9 Å². The molecule has 0 aliphatic carbocycles. The standard InChI is InChI=1S/2C2H4O2.2Ca.2ClH/c2*1-2(3)4;;;;/h2*1H3,(H,3,4);;;2*1H/q;;2*+2;;/p-4. The van der Waals surface area contributed by atoms with E-state index < -0.39 is 11.9 Å². The van der Waals surface area contributed by atoms with Crippen molar-refractivity contribution in [2.75, 3.05) is 0 Å². The first-order valence-electron chi connectivity index (χ1n) is 1.82. The molecule has 0 amide bonds. The molecule has 0 aromatic carbocycles. The van der Waals surface area contributed by atoms with Gasteiger partial charge in [0.05, 0.1) is 0 Å². The van der Waals surface area contributed by atoms with Crippen molar-refractivity contribution in [2.45, 2.75) is 13.8 Å². The van der Waals surface area contributed by atoms with E-state index in [1.165, 1.54) is 0 Å². The van der Waals surface area contributed by atoms with Gasteiger partial charge in [-0.05, 0) is 13.8 Å². The van der Waals surface area contributed by atoms with Gasteiger partial charge >= 0.3 is 75.5 Å². The molecule has 0 N–H and O–H groups in total. The second-order valence-electron chi connectivity index (χ2n) is 0.983. The second-order valence-corrected chi connectivity index (χ2v) is 0.983. The molecule has 8 heteroatoms. The number of carboxylic acids is 2. The van der Waals surface area contributed by atoms with E-state index in [-0.39, 0.29) is 100 Å². The predicted molar refractivity (Wildman–Crippen MR) is 32.9 cm³/mol. The average Bonchev–Trinajstić information content (AvgIpc) is 1.25. The molecular formula is C4H6Ca2Cl2O4. The number of carboxylic acid groups (broad SMARTS) is 2. The van der Waals surface area contributed by atoms with Crippen LogP contribution in [-0.4, -0.2) is 87.4 Å². The topological polar surface area (TPSA) is 80.3 Å². The molecule has 0 aliphatic rings. The number of halogens is 2. The van der Waals surface area contributed by atoms with Gasteiger partial charge in [-0.1, -0.05) is 0 Å². The van der Waals surface area contributed by atoms with Crippen LogP contribution in [0, 0.1) is 0 Å². The van der Waals surface area contributed by atoms with Crippen molar-refractivity contribution in [3.63, 3.8) is 0 Å². The number of carbonyl (C=O) groups is 2. The number of aliphatic carboxylic acids is 2. The van der Waals surface area contributed by atoms with Crippen LogP contribution in [0.2, 0.25) is 0 Å². The molecule has 0 bridgehead atoms. The molecule has 4 nitrogen and oxygen atoms in total. The molecule has 0 aromatic rings. The summed E-state index contributed by atoms with van der Waals surface area (Å²) >= 11 is 0. The van der Waals surface area contributed by atoms with E-state index in [1.807, 2.05) is 0 Å². The smallest absolute Gasteiger partial charge is 1.00 e. The van der Waals surface area contributed by atoms with Crippen LogP contribution in [-0.2, 0) is 9.59 Å². The first-order valence-corrected chi connectivity index (χ1v) is 1.82. The summed E-state index contributed by atoms with van der Waals surface area (Å²) in [6.07, 6.45) is 0. The molecule has 64 valence electrons. The Bertz CT molecular complexity index is 81.1. The maximum atomic E-state index is 8.89. The summed E-state index contributed by atoms with van der Waals surface area (Å²) in [5, 5.41) is 17.8. The first kappa shape index (κ1) is 36.9. The monoisotopic (exact) mass is 268 g/mol. The Hall–Kier alpha value is 2.04. The Labute approximate surface area is 143 Å². The summed E-state index contributed by atoms with van der Waals surface area (Å²) in [7, 11) is 0. The predicted octanol–water partition coefficient (Wildman–Crippen LogP) is -9.24. The van der Waals surface area contributed by atoms with E-state index in [0.717, 1.165) is 13.8 Å². The third-order valence-electron chi connectivity index (χ3n) is 0. The molecule has 0 aromatic heterocycles. The van der Waals surface area contributed by atoms with Gasteiger partial charge in [-0.3, -0.25) is 0 Å². The molecule has 0 aliphatic heterocycles. The van der Waals surface area contributed by atoms with Crippen LogP contribution in [0.3, 0.4) is 0 Å². The van der Waals surface area contributed by atoms with Gasteiger partial charge < -0.3 is 44.6 Å². The number of hydrogen-bond acceptors (Lipinski definition) is 4. The molecule has 12 heavy (non-hydrogen) atoms.